The zero-order valence-corrected chi connectivity index (χ0v) is 13.5. The van der Waals surface area contributed by atoms with Gasteiger partial charge in [-0.25, -0.2) is 8.78 Å². The molecule has 0 bridgehead atoms. The third-order valence-electron chi connectivity index (χ3n) is 4.58. The average Bonchev–Trinajstić information content (AvgIpc) is 3.06. The Hall–Kier alpha value is -2.60. The molecule has 1 atom stereocenters. The summed E-state index contributed by atoms with van der Waals surface area (Å²) in [6.45, 7) is 0. The molecule has 4 rings (SSSR count). The van der Waals surface area contributed by atoms with Crippen molar-refractivity contribution in [3.05, 3.63) is 70.5 Å². The van der Waals surface area contributed by atoms with Crippen molar-refractivity contribution in [3.8, 4) is 11.5 Å². The first-order chi connectivity index (χ1) is 12.1. The highest BCUT2D eigenvalue weighted by molar-refractivity contribution is 5.56. The first-order valence-corrected chi connectivity index (χ1v) is 8.25. The lowest BCUT2D eigenvalue weighted by molar-refractivity contribution is 0.423. The lowest BCUT2D eigenvalue weighted by atomic mass is 9.87. The van der Waals surface area contributed by atoms with E-state index in [9.17, 15) is 8.78 Å². The minimum Gasteiger partial charge on any atom is -0.334 e. The number of halogens is 2. The summed E-state index contributed by atoms with van der Waals surface area (Å²) in [6.07, 6.45) is 3.20. The van der Waals surface area contributed by atoms with Gasteiger partial charge in [0.05, 0.1) is 0 Å². The third-order valence-corrected chi connectivity index (χ3v) is 4.58. The van der Waals surface area contributed by atoms with E-state index in [4.69, 9.17) is 10.3 Å². The van der Waals surface area contributed by atoms with E-state index in [0.29, 0.717) is 17.3 Å². The summed E-state index contributed by atoms with van der Waals surface area (Å²) < 4.78 is 32.0. The van der Waals surface area contributed by atoms with E-state index in [0.717, 1.165) is 30.9 Å². The fourth-order valence-corrected chi connectivity index (χ4v) is 3.26. The molecule has 2 aromatic carbocycles. The molecule has 0 spiro atoms. The van der Waals surface area contributed by atoms with Gasteiger partial charge in [-0.2, -0.15) is 4.98 Å². The number of hydrogen-bond donors (Lipinski definition) is 1. The van der Waals surface area contributed by atoms with Crippen LogP contribution in [-0.2, 0) is 12.8 Å². The van der Waals surface area contributed by atoms with Gasteiger partial charge in [0.2, 0.25) is 0 Å². The van der Waals surface area contributed by atoms with E-state index >= 15 is 0 Å². The molecule has 4 nitrogen and oxygen atoms in total. The van der Waals surface area contributed by atoms with Gasteiger partial charge < -0.3 is 10.3 Å². The van der Waals surface area contributed by atoms with Crippen molar-refractivity contribution < 1.29 is 13.3 Å². The lowest BCUT2D eigenvalue weighted by Crippen LogP contribution is -2.17. The van der Waals surface area contributed by atoms with Gasteiger partial charge in [0.25, 0.3) is 5.89 Å². The maximum absolute atomic E-state index is 13.8. The van der Waals surface area contributed by atoms with Crippen LogP contribution in [-0.4, -0.2) is 10.1 Å². The van der Waals surface area contributed by atoms with E-state index in [1.54, 1.807) is 0 Å². The first-order valence-electron chi connectivity index (χ1n) is 8.25. The molecule has 6 heteroatoms. The van der Waals surface area contributed by atoms with Gasteiger partial charge in [0, 0.05) is 24.1 Å². The second kappa shape index (κ2) is 6.37. The number of fused-ring (bicyclic) bond motifs is 1. The maximum Gasteiger partial charge on any atom is 0.257 e. The Kier molecular flexibility index (Phi) is 4.05. The summed E-state index contributed by atoms with van der Waals surface area (Å²) in [6, 6.07) is 9.50. The Morgan fingerprint density at radius 1 is 1.16 bits per heavy atom. The summed E-state index contributed by atoms with van der Waals surface area (Å²) in [4.78, 5) is 4.34. The van der Waals surface area contributed by atoms with Crippen LogP contribution in [0.2, 0.25) is 0 Å². The van der Waals surface area contributed by atoms with Crippen LogP contribution >= 0.6 is 0 Å². The molecule has 0 fully saturated rings. The van der Waals surface area contributed by atoms with Gasteiger partial charge in [0.1, 0.15) is 11.6 Å². The zero-order valence-electron chi connectivity index (χ0n) is 13.5. The van der Waals surface area contributed by atoms with Gasteiger partial charge in [0.15, 0.2) is 5.82 Å². The molecule has 0 saturated carbocycles. The number of benzene rings is 2. The van der Waals surface area contributed by atoms with Crippen molar-refractivity contribution in [1.82, 2.24) is 10.1 Å². The van der Waals surface area contributed by atoms with Gasteiger partial charge in [-0.3, -0.25) is 0 Å². The predicted octanol–water partition coefficient (Wildman–Crippen LogP) is 3.94. The highest BCUT2D eigenvalue weighted by Gasteiger charge is 2.19. The van der Waals surface area contributed by atoms with Crippen molar-refractivity contribution in [2.45, 2.75) is 31.7 Å². The van der Waals surface area contributed by atoms with Crippen LogP contribution < -0.4 is 5.73 Å². The fourth-order valence-electron chi connectivity index (χ4n) is 3.26. The Bertz CT molecular complexity index is 923. The second-order valence-corrected chi connectivity index (χ2v) is 6.34. The molecular weight excluding hydrogens is 324 g/mol. The Balaban J connectivity index is 1.59. The van der Waals surface area contributed by atoms with Crippen molar-refractivity contribution in [1.29, 1.82) is 0 Å². The van der Waals surface area contributed by atoms with E-state index in [1.807, 2.05) is 18.2 Å². The minimum absolute atomic E-state index is 0.0810. The topological polar surface area (TPSA) is 64.9 Å². The molecule has 2 N–H and O–H groups in total. The third kappa shape index (κ3) is 3.17. The molecule has 0 saturated heterocycles. The van der Waals surface area contributed by atoms with Crippen LogP contribution in [0.5, 0.6) is 0 Å². The summed E-state index contributed by atoms with van der Waals surface area (Å²) in [5, 5.41) is 3.91. The number of rotatable bonds is 3. The van der Waals surface area contributed by atoms with Gasteiger partial charge in [-0.15, -0.1) is 0 Å². The number of aryl methyl sites for hydroxylation is 1. The predicted molar refractivity (Wildman–Crippen MR) is 88.8 cm³/mol. The average molecular weight is 341 g/mol. The molecule has 1 aliphatic carbocycles. The van der Waals surface area contributed by atoms with Crippen LogP contribution in [0.15, 0.2) is 40.9 Å². The molecule has 128 valence electrons. The molecular formula is C19H17F2N3O. The molecule has 1 heterocycles. The zero-order chi connectivity index (χ0) is 17.4. The van der Waals surface area contributed by atoms with E-state index in [-0.39, 0.29) is 12.5 Å². The van der Waals surface area contributed by atoms with Crippen LogP contribution in [0.1, 0.15) is 41.4 Å². The lowest BCUT2D eigenvalue weighted by Gasteiger charge is -2.22. The van der Waals surface area contributed by atoms with Crippen molar-refractivity contribution in [2.24, 2.45) is 5.73 Å². The Labute approximate surface area is 143 Å². The number of hydrogen-bond acceptors (Lipinski definition) is 4. The number of nitrogens with zero attached hydrogens (tertiary/aromatic N) is 2. The van der Waals surface area contributed by atoms with E-state index in [1.165, 1.54) is 23.3 Å². The quantitative estimate of drug-likeness (QED) is 0.784. The molecule has 0 radical (unpaired) electrons. The first kappa shape index (κ1) is 15.9. The van der Waals surface area contributed by atoms with Crippen molar-refractivity contribution in [2.75, 3.05) is 0 Å². The Morgan fingerprint density at radius 3 is 2.88 bits per heavy atom. The largest absolute Gasteiger partial charge is 0.334 e. The smallest absolute Gasteiger partial charge is 0.257 e. The van der Waals surface area contributed by atoms with Crippen LogP contribution in [0, 0.1) is 11.6 Å². The molecule has 0 aliphatic heterocycles. The number of aromatic nitrogens is 2. The van der Waals surface area contributed by atoms with Crippen molar-refractivity contribution >= 4 is 0 Å². The van der Waals surface area contributed by atoms with Gasteiger partial charge >= 0.3 is 0 Å². The molecule has 3 aromatic rings. The summed E-state index contributed by atoms with van der Waals surface area (Å²) in [5.41, 5.74) is 9.66. The second-order valence-electron chi connectivity index (χ2n) is 6.34. The standard InChI is InChI=1S/C19H17F2N3O/c20-14-6-4-12(16(21)10-14)9-18-23-19(25-24-18)13-5-7-15-11(8-13)2-1-3-17(15)22/h4-8,10,17H,1-3,9,22H2. The summed E-state index contributed by atoms with van der Waals surface area (Å²) in [7, 11) is 0. The minimum atomic E-state index is -0.617. The molecule has 0 amide bonds. The van der Waals surface area contributed by atoms with Crippen molar-refractivity contribution in [3.63, 3.8) is 0 Å². The highest BCUT2D eigenvalue weighted by atomic mass is 19.1. The summed E-state index contributed by atoms with van der Waals surface area (Å²) >= 11 is 0. The van der Waals surface area contributed by atoms with E-state index in [2.05, 4.69) is 10.1 Å². The van der Waals surface area contributed by atoms with E-state index < -0.39 is 11.6 Å². The molecule has 1 unspecified atom stereocenters. The van der Waals surface area contributed by atoms with Crippen LogP contribution in [0.3, 0.4) is 0 Å². The number of nitrogens with two attached hydrogens (primary N) is 1. The van der Waals surface area contributed by atoms with Gasteiger partial charge in [-0.05, 0) is 54.2 Å². The normalized spacial score (nSPS) is 16.7. The van der Waals surface area contributed by atoms with Gasteiger partial charge in [-0.1, -0.05) is 17.3 Å². The van der Waals surface area contributed by atoms with Crippen LogP contribution in [0.25, 0.3) is 11.5 Å². The monoisotopic (exact) mass is 341 g/mol. The fraction of sp³-hybridized carbons (Fsp3) is 0.263. The highest BCUT2D eigenvalue weighted by Crippen LogP contribution is 2.31. The molecule has 25 heavy (non-hydrogen) atoms. The summed E-state index contributed by atoms with van der Waals surface area (Å²) in [5.74, 6) is -0.481. The molecule has 1 aromatic heterocycles. The maximum atomic E-state index is 13.8. The van der Waals surface area contributed by atoms with Crippen LogP contribution in [0.4, 0.5) is 8.78 Å². The molecule has 1 aliphatic rings. The Morgan fingerprint density at radius 2 is 2.04 bits per heavy atom. The SMILES string of the molecule is NC1CCCc2cc(-c3nc(Cc4ccc(F)cc4F)no3)ccc21.